The maximum Gasteiger partial charge on any atom is 0.126 e. The summed E-state index contributed by atoms with van der Waals surface area (Å²) in [5, 5.41) is 4.30. The third-order valence-electron chi connectivity index (χ3n) is 3.19. The fourth-order valence-electron chi connectivity index (χ4n) is 2.29. The number of hydrogen-bond donors (Lipinski definition) is 2. The number of nitrogens with one attached hydrogen (secondary N) is 1. The molecule has 1 aromatic heterocycles. The number of nitrogens with two attached hydrogens (primary N) is 1. The molecular formula is C13H19N3S2. The molecule has 0 amide bonds. The lowest BCUT2D eigenvalue weighted by atomic mass is 10.2. The average Bonchev–Trinajstić information content (AvgIpc) is 2.78. The number of rotatable bonds is 5. The van der Waals surface area contributed by atoms with Crippen molar-refractivity contribution in [2.45, 2.75) is 37.5 Å². The lowest BCUT2D eigenvalue weighted by molar-refractivity contribution is 0.752. The highest BCUT2D eigenvalue weighted by Gasteiger charge is 2.24. The summed E-state index contributed by atoms with van der Waals surface area (Å²) in [6.07, 6.45) is 5.51. The van der Waals surface area contributed by atoms with Gasteiger partial charge in [0.25, 0.3) is 0 Å². The van der Waals surface area contributed by atoms with E-state index in [1.165, 1.54) is 25.0 Å². The second kappa shape index (κ2) is 6.38. The minimum atomic E-state index is 0.398. The first-order valence-electron chi connectivity index (χ1n) is 6.33. The van der Waals surface area contributed by atoms with Crippen molar-refractivity contribution in [3.05, 3.63) is 23.9 Å². The number of thiocarbonyl (C=S) groups is 1. The average molecular weight is 281 g/mol. The van der Waals surface area contributed by atoms with Crippen LogP contribution in [-0.2, 0) is 0 Å². The van der Waals surface area contributed by atoms with Gasteiger partial charge in [-0.15, -0.1) is 0 Å². The van der Waals surface area contributed by atoms with E-state index in [1.54, 1.807) is 6.20 Å². The monoisotopic (exact) mass is 281 g/mol. The van der Waals surface area contributed by atoms with E-state index in [9.17, 15) is 0 Å². The number of pyridine rings is 1. The fraction of sp³-hybridized carbons (Fsp3) is 0.538. The van der Waals surface area contributed by atoms with Gasteiger partial charge in [-0.1, -0.05) is 19.1 Å². The molecule has 0 bridgehead atoms. The van der Waals surface area contributed by atoms with Crippen LogP contribution in [0.2, 0.25) is 0 Å². The van der Waals surface area contributed by atoms with Crippen LogP contribution in [0.1, 0.15) is 31.7 Å². The summed E-state index contributed by atoms with van der Waals surface area (Å²) in [6, 6.07) is 4.43. The Bertz CT molecular complexity index is 405. The Labute approximate surface area is 118 Å². The van der Waals surface area contributed by atoms with Crippen molar-refractivity contribution < 1.29 is 0 Å². The molecule has 1 heterocycles. The molecule has 2 atom stereocenters. The number of hydrogen-bond acceptors (Lipinski definition) is 4. The van der Waals surface area contributed by atoms with E-state index in [0.717, 1.165) is 16.6 Å². The molecule has 2 rings (SSSR count). The molecule has 1 saturated carbocycles. The van der Waals surface area contributed by atoms with E-state index in [2.05, 4.69) is 29.0 Å². The van der Waals surface area contributed by atoms with E-state index in [4.69, 9.17) is 18.0 Å². The largest absolute Gasteiger partial charge is 0.389 e. The normalized spacial score (nSPS) is 22.9. The zero-order valence-electron chi connectivity index (χ0n) is 10.6. The second-order valence-corrected chi connectivity index (χ2v) is 6.55. The highest BCUT2D eigenvalue weighted by atomic mass is 32.2. The van der Waals surface area contributed by atoms with E-state index in [1.807, 2.05) is 12.1 Å². The van der Waals surface area contributed by atoms with Crippen LogP contribution in [0.5, 0.6) is 0 Å². The molecule has 0 aromatic carbocycles. The first-order valence-corrected chi connectivity index (χ1v) is 7.78. The Hall–Kier alpha value is -0.810. The summed E-state index contributed by atoms with van der Waals surface area (Å²) in [7, 11) is 0. The smallest absolute Gasteiger partial charge is 0.126 e. The number of nitrogens with zero attached hydrogens (tertiary/aromatic N) is 1. The van der Waals surface area contributed by atoms with Gasteiger partial charge in [-0.05, 0) is 37.1 Å². The van der Waals surface area contributed by atoms with Gasteiger partial charge >= 0.3 is 0 Å². The van der Waals surface area contributed by atoms with Gasteiger partial charge in [0.05, 0.1) is 0 Å². The van der Waals surface area contributed by atoms with Crippen molar-refractivity contribution in [1.82, 2.24) is 4.98 Å². The number of aromatic nitrogens is 1. The Morgan fingerprint density at radius 2 is 2.39 bits per heavy atom. The van der Waals surface area contributed by atoms with Gasteiger partial charge in [0.15, 0.2) is 0 Å². The lowest BCUT2D eigenvalue weighted by Crippen LogP contribution is -2.17. The van der Waals surface area contributed by atoms with E-state index in [-0.39, 0.29) is 0 Å². The minimum absolute atomic E-state index is 0.398. The fourth-order valence-corrected chi connectivity index (χ4v) is 3.56. The maximum atomic E-state index is 5.55. The van der Waals surface area contributed by atoms with Crippen LogP contribution in [0.25, 0.3) is 0 Å². The molecule has 1 aliphatic carbocycles. The van der Waals surface area contributed by atoms with Gasteiger partial charge in [0, 0.05) is 23.1 Å². The lowest BCUT2D eigenvalue weighted by Gasteiger charge is -2.13. The van der Waals surface area contributed by atoms with Crippen LogP contribution in [0.3, 0.4) is 0 Å². The quantitative estimate of drug-likeness (QED) is 0.813. The Kier molecular flexibility index (Phi) is 4.83. The van der Waals surface area contributed by atoms with Crippen LogP contribution in [0.4, 0.5) is 5.82 Å². The van der Waals surface area contributed by atoms with Crippen molar-refractivity contribution in [1.29, 1.82) is 0 Å². The molecule has 98 valence electrons. The van der Waals surface area contributed by atoms with Gasteiger partial charge < -0.3 is 11.1 Å². The van der Waals surface area contributed by atoms with Crippen LogP contribution >= 0.6 is 24.0 Å². The Balaban J connectivity index is 1.88. The summed E-state index contributed by atoms with van der Waals surface area (Å²) in [5.74, 6) is 2.13. The maximum absolute atomic E-state index is 5.55. The SMILES string of the molecule is CCSC1CCC(Nc2ccc(C(N)=S)cn2)C1. The van der Waals surface area contributed by atoms with Crippen molar-refractivity contribution in [3.8, 4) is 0 Å². The van der Waals surface area contributed by atoms with Gasteiger partial charge in [-0.3, -0.25) is 0 Å². The van der Waals surface area contributed by atoms with Crippen molar-refractivity contribution in [2.75, 3.05) is 11.1 Å². The Morgan fingerprint density at radius 3 is 3.00 bits per heavy atom. The molecule has 3 nitrogen and oxygen atoms in total. The van der Waals surface area contributed by atoms with Gasteiger partial charge in [-0.2, -0.15) is 11.8 Å². The number of anilines is 1. The summed E-state index contributed by atoms with van der Waals surface area (Å²) in [5.41, 5.74) is 6.37. The van der Waals surface area contributed by atoms with Gasteiger partial charge in [0.1, 0.15) is 10.8 Å². The predicted octanol–water partition coefficient (Wildman–Crippen LogP) is 2.80. The molecule has 0 spiro atoms. The third-order valence-corrected chi connectivity index (χ3v) is 4.66. The van der Waals surface area contributed by atoms with E-state index in [0.29, 0.717) is 11.0 Å². The summed E-state index contributed by atoms with van der Waals surface area (Å²) in [4.78, 5) is 4.75. The number of thioether (sulfide) groups is 1. The summed E-state index contributed by atoms with van der Waals surface area (Å²) in [6.45, 7) is 2.22. The van der Waals surface area contributed by atoms with Gasteiger partial charge in [0.2, 0.25) is 0 Å². The highest BCUT2D eigenvalue weighted by molar-refractivity contribution is 7.99. The zero-order chi connectivity index (χ0) is 13.0. The van der Waals surface area contributed by atoms with Gasteiger partial charge in [-0.25, -0.2) is 4.98 Å². The predicted molar refractivity (Wildman–Crippen MR) is 83.3 cm³/mol. The molecule has 2 unspecified atom stereocenters. The molecule has 18 heavy (non-hydrogen) atoms. The van der Waals surface area contributed by atoms with Crippen LogP contribution in [-0.4, -0.2) is 27.0 Å². The van der Waals surface area contributed by atoms with Crippen molar-refractivity contribution in [3.63, 3.8) is 0 Å². The molecule has 0 radical (unpaired) electrons. The van der Waals surface area contributed by atoms with Crippen LogP contribution < -0.4 is 11.1 Å². The van der Waals surface area contributed by atoms with Crippen molar-refractivity contribution in [2.24, 2.45) is 5.73 Å². The summed E-state index contributed by atoms with van der Waals surface area (Å²) < 4.78 is 0. The van der Waals surface area contributed by atoms with Crippen molar-refractivity contribution >= 4 is 34.8 Å². The molecule has 1 aromatic rings. The van der Waals surface area contributed by atoms with E-state index >= 15 is 0 Å². The molecule has 1 aliphatic rings. The van der Waals surface area contributed by atoms with Crippen LogP contribution in [0.15, 0.2) is 18.3 Å². The second-order valence-electron chi connectivity index (χ2n) is 4.53. The minimum Gasteiger partial charge on any atom is -0.389 e. The Morgan fingerprint density at radius 1 is 1.56 bits per heavy atom. The first kappa shape index (κ1) is 13.6. The molecule has 1 fully saturated rings. The van der Waals surface area contributed by atoms with E-state index < -0.39 is 0 Å². The molecule has 0 saturated heterocycles. The standard InChI is InChI=1S/C13H19N3S2/c1-2-18-11-5-4-10(7-11)16-12-6-3-9(8-15-12)13(14)17/h3,6,8,10-11H,2,4-5,7H2,1H3,(H2,14,17)(H,15,16). The first-order chi connectivity index (χ1) is 8.69. The van der Waals surface area contributed by atoms with Crippen LogP contribution in [0, 0.1) is 0 Å². The molecular weight excluding hydrogens is 262 g/mol. The zero-order valence-corrected chi connectivity index (χ0v) is 12.2. The summed E-state index contributed by atoms with van der Waals surface area (Å²) >= 11 is 6.97. The molecule has 5 heteroatoms. The molecule has 3 N–H and O–H groups in total. The topological polar surface area (TPSA) is 50.9 Å². The third kappa shape index (κ3) is 3.59. The highest BCUT2D eigenvalue weighted by Crippen LogP contribution is 2.31. The molecule has 0 aliphatic heterocycles.